The summed E-state index contributed by atoms with van der Waals surface area (Å²) in [5, 5.41) is 2.81. The maximum atomic E-state index is 11.7. The van der Waals surface area contributed by atoms with Crippen molar-refractivity contribution in [2.75, 3.05) is 6.61 Å². The van der Waals surface area contributed by atoms with Crippen molar-refractivity contribution in [3.05, 3.63) is 35.4 Å². The summed E-state index contributed by atoms with van der Waals surface area (Å²) in [6.07, 6.45) is 2.08. The van der Waals surface area contributed by atoms with E-state index in [0.717, 1.165) is 25.0 Å². The molecule has 1 aromatic carbocycles. The fourth-order valence-corrected chi connectivity index (χ4v) is 2.01. The zero-order valence-electron chi connectivity index (χ0n) is 12.4. The summed E-state index contributed by atoms with van der Waals surface area (Å²) in [5.41, 5.74) is 1.94. The van der Waals surface area contributed by atoms with Gasteiger partial charge in [-0.05, 0) is 44.7 Å². The maximum Gasteiger partial charge on any atom is 0.407 e. The van der Waals surface area contributed by atoms with Crippen molar-refractivity contribution in [2.45, 2.75) is 51.9 Å². The van der Waals surface area contributed by atoms with Gasteiger partial charge in [-0.3, -0.25) is 0 Å². The molecule has 1 aliphatic rings. The van der Waals surface area contributed by atoms with E-state index < -0.39 is 5.60 Å². The Balaban J connectivity index is 1.86. The molecule has 4 nitrogen and oxygen atoms in total. The van der Waals surface area contributed by atoms with E-state index in [1.165, 1.54) is 5.56 Å². The van der Waals surface area contributed by atoms with E-state index in [2.05, 4.69) is 11.4 Å². The van der Waals surface area contributed by atoms with Crippen LogP contribution in [0, 0.1) is 0 Å². The molecular formula is C16H23NO3. The molecule has 1 saturated heterocycles. The van der Waals surface area contributed by atoms with Crippen molar-refractivity contribution in [1.29, 1.82) is 0 Å². The quantitative estimate of drug-likeness (QED) is 0.842. The summed E-state index contributed by atoms with van der Waals surface area (Å²) in [5.74, 6) is 0. The first-order valence-electron chi connectivity index (χ1n) is 7.09. The number of nitrogens with one attached hydrogen (secondary N) is 1. The van der Waals surface area contributed by atoms with E-state index in [1.807, 2.05) is 39.0 Å². The Kier molecular flexibility index (Phi) is 4.65. The fraction of sp³-hybridized carbons (Fsp3) is 0.562. The molecule has 110 valence electrons. The number of benzene rings is 1. The van der Waals surface area contributed by atoms with Crippen molar-refractivity contribution in [1.82, 2.24) is 5.32 Å². The Morgan fingerprint density at radius 2 is 2.00 bits per heavy atom. The van der Waals surface area contributed by atoms with Crippen LogP contribution in [0.25, 0.3) is 0 Å². The molecule has 1 atom stereocenters. The smallest absolute Gasteiger partial charge is 0.407 e. The molecule has 1 aliphatic heterocycles. The summed E-state index contributed by atoms with van der Waals surface area (Å²) in [6.45, 7) is 6.96. The van der Waals surface area contributed by atoms with Gasteiger partial charge in [-0.15, -0.1) is 0 Å². The summed E-state index contributed by atoms with van der Waals surface area (Å²) >= 11 is 0. The first kappa shape index (κ1) is 14.9. The zero-order valence-corrected chi connectivity index (χ0v) is 12.4. The Labute approximate surface area is 120 Å². The molecule has 1 heterocycles. The molecule has 0 radical (unpaired) electrons. The van der Waals surface area contributed by atoms with Gasteiger partial charge in [-0.1, -0.05) is 24.3 Å². The van der Waals surface area contributed by atoms with Crippen molar-refractivity contribution in [3.8, 4) is 0 Å². The van der Waals surface area contributed by atoms with Crippen LogP contribution in [0.3, 0.4) is 0 Å². The summed E-state index contributed by atoms with van der Waals surface area (Å²) in [4.78, 5) is 11.7. The number of epoxide rings is 1. The summed E-state index contributed by atoms with van der Waals surface area (Å²) < 4.78 is 10.5. The maximum absolute atomic E-state index is 11.7. The van der Waals surface area contributed by atoms with Gasteiger partial charge in [0.2, 0.25) is 0 Å². The standard InChI is InChI=1S/C16H23NO3/c1-16(2,3)20-15(18)17-10-13-7-5-4-6-12(13)8-9-14-11-19-14/h4-7,14H,8-11H2,1-3H3,(H,17,18)/t14-/m0/s1. The van der Waals surface area contributed by atoms with Crippen LogP contribution in [0.1, 0.15) is 38.3 Å². The van der Waals surface area contributed by atoms with Gasteiger partial charge in [0.05, 0.1) is 12.7 Å². The van der Waals surface area contributed by atoms with E-state index in [4.69, 9.17) is 9.47 Å². The predicted octanol–water partition coefficient (Wildman–Crippen LogP) is 3.04. The van der Waals surface area contributed by atoms with Crippen LogP contribution in [0.4, 0.5) is 4.79 Å². The number of aryl methyl sites for hydroxylation is 1. The third kappa shape index (κ3) is 5.21. The summed E-state index contributed by atoms with van der Waals surface area (Å²) in [7, 11) is 0. The highest BCUT2D eigenvalue weighted by atomic mass is 16.6. The van der Waals surface area contributed by atoms with E-state index in [-0.39, 0.29) is 6.09 Å². The Morgan fingerprint density at radius 1 is 1.35 bits per heavy atom. The number of alkyl carbamates (subject to hydrolysis) is 1. The van der Waals surface area contributed by atoms with Gasteiger partial charge < -0.3 is 14.8 Å². The van der Waals surface area contributed by atoms with Crippen molar-refractivity contribution in [3.63, 3.8) is 0 Å². The molecule has 0 aliphatic carbocycles. The van der Waals surface area contributed by atoms with Crippen LogP contribution >= 0.6 is 0 Å². The first-order chi connectivity index (χ1) is 9.44. The molecular weight excluding hydrogens is 254 g/mol. The second kappa shape index (κ2) is 6.27. The van der Waals surface area contributed by atoms with Gasteiger partial charge in [0.25, 0.3) is 0 Å². The number of amides is 1. The lowest BCUT2D eigenvalue weighted by molar-refractivity contribution is 0.0523. The molecule has 1 fully saturated rings. The highest BCUT2D eigenvalue weighted by Crippen LogP contribution is 2.19. The van der Waals surface area contributed by atoms with Crippen LogP contribution in [0.2, 0.25) is 0 Å². The molecule has 0 spiro atoms. The normalized spacial score (nSPS) is 17.6. The average molecular weight is 277 g/mol. The largest absolute Gasteiger partial charge is 0.444 e. The van der Waals surface area contributed by atoms with Gasteiger partial charge in [-0.25, -0.2) is 4.79 Å². The van der Waals surface area contributed by atoms with Crippen LogP contribution in [-0.4, -0.2) is 24.4 Å². The number of hydrogen-bond acceptors (Lipinski definition) is 3. The highest BCUT2D eigenvalue weighted by molar-refractivity contribution is 5.67. The first-order valence-corrected chi connectivity index (χ1v) is 7.09. The van der Waals surface area contributed by atoms with Crippen molar-refractivity contribution < 1.29 is 14.3 Å². The van der Waals surface area contributed by atoms with E-state index in [1.54, 1.807) is 0 Å². The predicted molar refractivity (Wildman–Crippen MR) is 77.6 cm³/mol. The summed E-state index contributed by atoms with van der Waals surface area (Å²) in [6, 6.07) is 8.16. The fourth-order valence-electron chi connectivity index (χ4n) is 2.01. The Bertz CT molecular complexity index is 461. The molecule has 0 aromatic heterocycles. The SMILES string of the molecule is CC(C)(C)OC(=O)NCc1ccccc1CC[C@H]1CO1. The number of hydrogen-bond donors (Lipinski definition) is 1. The number of ether oxygens (including phenoxy) is 2. The number of carbonyl (C=O) groups excluding carboxylic acids is 1. The molecule has 2 rings (SSSR count). The van der Waals surface area contributed by atoms with E-state index in [9.17, 15) is 4.79 Å². The van der Waals surface area contributed by atoms with Crippen LogP contribution in [-0.2, 0) is 22.4 Å². The molecule has 1 aromatic rings. The molecule has 1 amide bonds. The average Bonchev–Trinajstić information content (AvgIpc) is 3.17. The Hall–Kier alpha value is -1.55. The van der Waals surface area contributed by atoms with Crippen LogP contribution in [0.15, 0.2) is 24.3 Å². The van der Waals surface area contributed by atoms with Gasteiger partial charge in [0.1, 0.15) is 5.60 Å². The molecule has 0 saturated carbocycles. The van der Waals surface area contributed by atoms with E-state index in [0.29, 0.717) is 12.6 Å². The number of carbonyl (C=O) groups is 1. The lowest BCUT2D eigenvalue weighted by Gasteiger charge is -2.20. The minimum absolute atomic E-state index is 0.377. The van der Waals surface area contributed by atoms with Crippen LogP contribution < -0.4 is 5.32 Å². The van der Waals surface area contributed by atoms with Crippen molar-refractivity contribution in [2.24, 2.45) is 0 Å². The van der Waals surface area contributed by atoms with Gasteiger partial charge in [0.15, 0.2) is 0 Å². The topological polar surface area (TPSA) is 50.9 Å². The zero-order chi connectivity index (χ0) is 14.6. The monoisotopic (exact) mass is 277 g/mol. The van der Waals surface area contributed by atoms with Crippen LogP contribution in [0.5, 0.6) is 0 Å². The van der Waals surface area contributed by atoms with Gasteiger partial charge >= 0.3 is 6.09 Å². The highest BCUT2D eigenvalue weighted by Gasteiger charge is 2.22. The lowest BCUT2D eigenvalue weighted by atomic mass is 10.0. The third-order valence-corrected chi connectivity index (χ3v) is 3.08. The van der Waals surface area contributed by atoms with Gasteiger partial charge in [0, 0.05) is 6.54 Å². The minimum Gasteiger partial charge on any atom is -0.444 e. The van der Waals surface area contributed by atoms with Crippen molar-refractivity contribution >= 4 is 6.09 Å². The molecule has 4 heteroatoms. The second-order valence-electron chi connectivity index (χ2n) is 6.12. The number of rotatable bonds is 5. The Morgan fingerprint density at radius 3 is 2.60 bits per heavy atom. The van der Waals surface area contributed by atoms with E-state index >= 15 is 0 Å². The second-order valence-corrected chi connectivity index (χ2v) is 6.12. The molecule has 1 N–H and O–H groups in total. The molecule has 0 bridgehead atoms. The molecule has 20 heavy (non-hydrogen) atoms. The lowest BCUT2D eigenvalue weighted by Crippen LogP contribution is -2.32. The minimum atomic E-state index is -0.465. The molecule has 0 unspecified atom stereocenters. The van der Waals surface area contributed by atoms with Gasteiger partial charge in [-0.2, -0.15) is 0 Å². The third-order valence-electron chi connectivity index (χ3n) is 3.08.